The van der Waals surface area contributed by atoms with E-state index in [2.05, 4.69) is 49.3 Å². The van der Waals surface area contributed by atoms with Crippen LogP contribution in [0.4, 0.5) is 5.69 Å². The molecule has 1 nitrogen and oxygen atoms in total. The van der Waals surface area contributed by atoms with E-state index in [-0.39, 0.29) is 0 Å². The summed E-state index contributed by atoms with van der Waals surface area (Å²) in [5.41, 5.74) is 2.14. The van der Waals surface area contributed by atoms with Crippen LogP contribution in [0.15, 0.2) is 32.5 Å². The Labute approximate surface area is 126 Å². The predicted molar refractivity (Wildman–Crippen MR) is 83.2 cm³/mol. The maximum absolute atomic E-state index is 6.15. The third kappa shape index (κ3) is 3.47. The fraction of sp³-hybridized carbons (Fsp3) is 0.167. The van der Waals surface area contributed by atoms with E-state index < -0.39 is 0 Å². The molecule has 0 spiro atoms. The maximum atomic E-state index is 6.15. The minimum Gasteiger partial charge on any atom is -0.379 e. The molecule has 0 aliphatic carbocycles. The lowest BCUT2D eigenvalue weighted by molar-refractivity contribution is 1.19. The third-order valence-electron chi connectivity index (χ3n) is 2.27. The van der Waals surface area contributed by atoms with Crippen molar-refractivity contribution in [1.82, 2.24) is 0 Å². The molecular formula is C12H10Br2ClNS. The van der Waals surface area contributed by atoms with Crippen molar-refractivity contribution in [3.63, 3.8) is 0 Å². The van der Waals surface area contributed by atoms with Gasteiger partial charge in [-0.2, -0.15) is 0 Å². The van der Waals surface area contributed by atoms with Gasteiger partial charge in [0.05, 0.1) is 14.5 Å². The Kier molecular flexibility index (Phi) is 4.53. The van der Waals surface area contributed by atoms with Gasteiger partial charge >= 0.3 is 0 Å². The van der Waals surface area contributed by atoms with Crippen molar-refractivity contribution in [2.75, 3.05) is 5.32 Å². The summed E-state index contributed by atoms with van der Waals surface area (Å²) in [5, 5.41) is 4.10. The first-order valence-electron chi connectivity index (χ1n) is 5.00. The van der Waals surface area contributed by atoms with E-state index in [1.54, 1.807) is 11.3 Å². The molecule has 5 heteroatoms. The molecule has 0 aliphatic rings. The molecule has 0 unspecified atom stereocenters. The summed E-state index contributed by atoms with van der Waals surface area (Å²) in [6.45, 7) is 2.81. The molecule has 0 atom stereocenters. The number of anilines is 1. The molecule has 0 saturated heterocycles. The molecule has 1 aromatic carbocycles. The minimum absolute atomic E-state index is 0.764. The molecule has 0 aliphatic heterocycles. The summed E-state index contributed by atoms with van der Waals surface area (Å²) in [4.78, 5) is 1.25. The van der Waals surface area contributed by atoms with Crippen LogP contribution >= 0.6 is 54.8 Å². The average Bonchev–Trinajstić information content (AvgIpc) is 2.57. The standard InChI is InChI=1S/C12H10Br2ClNS/c1-7-2-3-11(10(15)4-7)16-6-8-5-9(13)12(14)17-8/h2-5,16H,6H2,1H3. The van der Waals surface area contributed by atoms with E-state index in [0.29, 0.717) is 0 Å². The molecule has 0 saturated carbocycles. The van der Waals surface area contributed by atoms with Gasteiger partial charge < -0.3 is 5.32 Å². The van der Waals surface area contributed by atoms with E-state index in [4.69, 9.17) is 11.6 Å². The smallest absolute Gasteiger partial charge is 0.0843 e. The van der Waals surface area contributed by atoms with Gasteiger partial charge in [-0.1, -0.05) is 17.7 Å². The Bertz CT molecular complexity index is 520. The normalized spacial score (nSPS) is 10.6. The SMILES string of the molecule is Cc1ccc(NCc2cc(Br)c(Br)s2)c(Cl)c1. The van der Waals surface area contributed by atoms with Gasteiger partial charge in [-0.05, 0) is 62.5 Å². The molecule has 1 aromatic heterocycles. The Morgan fingerprint density at radius 3 is 2.65 bits per heavy atom. The monoisotopic (exact) mass is 393 g/mol. The molecule has 90 valence electrons. The predicted octanol–water partition coefficient (Wildman–Crippen LogP) is 5.85. The van der Waals surface area contributed by atoms with Gasteiger partial charge in [-0.25, -0.2) is 0 Å². The van der Waals surface area contributed by atoms with E-state index in [1.165, 1.54) is 10.4 Å². The van der Waals surface area contributed by atoms with Crippen LogP contribution in [0, 0.1) is 6.92 Å². The summed E-state index contributed by atoms with van der Waals surface area (Å²) in [5.74, 6) is 0. The van der Waals surface area contributed by atoms with Crippen LogP contribution in [0.25, 0.3) is 0 Å². The number of hydrogen-bond acceptors (Lipinski definition) is 2. The molecule has 1 heterocycles. The van der Waals surface area contributed by atoms with Crippen molar-refractivity contribution in [2.45, 2.75) is 13.5 Å². The van der Waals surface area contributed by atoms with Gasteiger partial charge in [0, 0.05) is 15.9 Å². The Morgan fingerprint density at radius 2 is 2.06 bits per heavy atom. The van der Waals surface area contributed by atoms with Crippen molar-refractivity contribution >= 4 is 60.5 Å². The van der Waals surface area contributed by atoms with Crippen LogP contribution in [-0.4, -0.2) is 0 Å². The number of rotatable bonds is 3. The highest BCUT2D eigenvalue weighted by atomic mass is 79.9. The zero-order chi connectivity index (χ0) is 12.4. The van der Waals surface area contributed by atoms with Crippen LogP contribution < -0.4 is 5.32 Å². The molecule has 0 fully saturated rings. The first kappa shape index (κ1) is 13.4. The molecule has 0 amide bonds. The summed E-state index contributed by atoms with van der Waals surface area (Å²) in [6, 6.07) is 8.12. The second kappa shape index (κ2) is 5.74. The third-order valence-corrected chi connectivity index (χ3v) is 5.84. The molecule has 2 aromatic rings. The second-order valence-corrected chi connectivity index (χ2v) is 7.39. The fourth-order valence-electron chi connectivity index (χ4n) is 1.42. The molecule has 1 N–H and O–H groups in total. The Morgan fingerprint density at radius 1 is 1.29 bits per heavy atom. The lowest BCUT2D eigenvalue weighted by Gasteiger charge is -2.07. The van der Waals surface area contributed by atoms with Crippen LogP contribution in [-0.2, 0) is 6.54 Å². The van der Waals surface area contributed by atoms with Gasteiger partial charge in [0.1, 0.15) is 0 Å². The number of benzene rings is 1. The molecule has 17 heavy (non-hydrogen) atoms. The fourth-order valence-corrected chi connectivity index (χ4v) is 3.84. The number of thiophene rings is 1. The van der Waals surface area contributed by atoms with Crippen LogP contribution in [0.1, 0.15) is 10.4 Å². The van der Waals surface area contributed by atoms with Crippen LogP contribution in [0.3, 0.4) is 0 Å². The summed E-state index contributed by atoms with van der Waals surface area (Å²) in [6.07, 6.45) is 0. The Balaban J connectivity index is 2.07. The topological polar surface area (TPSA) is 12.0 Å². The molecule has 0 bridgehead atoms. The number of hydrogen-bond donors (Lipinski definition) is 1. The van der Waals surface area contributed by atoms with E-state index in [1.807, 2.05) is 19.1 Å². The Hall–Kier alpha value is -0.0300. The second-order valence-electron chi connectivity index (χ2n) is 3.67. The minimum atomic E-state index is 0.764. The highest BCUT2D eigenvalue weighted by molar-refractivity contribution is 9.13. The van der Waals surface area contributed by atoms with E-state index >= 15 is 0 Å². The van der Waals surface area contributed by atoms with E-state index in [0.717, 1.165) is 25.5 Å². The van der Waals surface area contributed by atoms with Gasteiger partial charge in [-0.3, -0.25) is 0 Å². The highest BCUT2D eigenvalue weighted by Crippen LogP contribution is 2.33. The van der Waals surface area contributed by atoms with E-state index in [9.17, 15) is 0 Å². The van der Waals surface area contributed by atoms with Crippen molar-refractivity contribution < 1.29 is 0 Å². The van der Waals surface area contributed by atoms with Gasteiger partial charge in [0.25, 0.3) is 0 Å². The van der Waals surface area contributed by atoms with Crippen molar-refractivity contribution in [1.29, 1.82) is 0 Å². The summed E-state index contributed by atoms with van der Waals surface area (Å²) < 4.78 is 2.21. The van der Waals surface area contributed by atoms with Crippen LogP contribution in [0.2, 0.25) is 5.02 Å². The first-order chi connectivity index (χ1) is 8.06. The van der Waals surface area contributed by atoms with Crippen molar-refractivity contribution in [2.24, 2.45) is 0 Å². The zero-order valence-electron chi connectivity index (χ0n) is 9.06. The molecule has 0 radical (unpaired) electrons. The van der Waals surface area contributed by atoms with Crippen molar-refractivity contribution in [3.05, 3.63) is 48.0 Å². The summed E-state index contributed by atoms with van der Waals surface area (Å²) in [7, 11) is 0. The number of nitrogens with one attached hydrogen (secondary N) is 1. The average molecular weight is 396 g/mol. The molecular weight excluding hydrogens is 385 g/mol. The van der Waals surface area contributed by atoms with Gasteiger partial charge in [-0.15, -0.1) is 11.3 Å². The number of halogens is 3. The van der Waals surface area contributed by atoms with Crippen LogP contribution in [0.5, 0.6) is 0 Å². The summed E-state index contributed by atoms with van der Waals surface area (Å²) >= 11 is 14.8. The maximum Gasteiger partial charge on any atom is 0.0843 e. The highest BCUT2D eigenvalue weighted by Gasteiger charge is 2.05. The first-order valence-corrected chi connectivity index (χ1v) is 7.78. The van der Waals surface area contributed by atoms with Gasteiger partial charge in [0.15, 0.2) is 0 Å². The zero-order valence-corrected chi connectivity index (χ0v) is 13.8. The quantitative estimate of drug-likeness (QED) is 0.688. The lowest BCUT2D eigenvalue weighted by Crippen LogP contribution is -1.97. The number of aryl methyl sites for hydroxylation is 1. The lowest BCUT2D eigenvalue weighted by atomic mass is 10.2. The largest absolute Gasteiger partial charge is 0.379 e. The molecule has 2 rings (SSSR count). The van der Waals surface area contributed by atoms with Crippen molar-refractivity contribution in [3.8, 4) is 0 Å². The van der Waals surface area contributed by atoms with Gasteiger partial charge in [0.2, 0.25) is 0 Å².